The molecular formula is C21H20FN3O4. The van der Waals surface area contributed by atoms with E-state index < -0.39 is 0 Å². The summed E-state index contributed by atoms with van der Waals surface area (Å²) in [7, 11) is 1.50. The number of halogens is 1. The third-order valence-electron chi connectivity index (χ3n) is 4.04. The summed E-state index contributed by atoms with van der Waals surface area (Å²) in [5.74, 6) is 0.610. The van der Waals surface area contributed by atoms with Crippen LogP contribution in [0.1, 0.15) is 19.2 Å². The number of benzene rings is 2. The third kappa shape index (κ3) is 5.41. The van der Waals surface area contributed by atoms with Crippen molar-refractivity contribution >= 4 is 23.2 Å². The van der Waals surface area contributed by atoms with E-state index in [9.17, 15) is 14.0 Å². The van der Waals surface area contributed by atoms with Gasteiger partial charge in [0.1, 0.15) is 11.6 Å². The van der Waals surface area contributed by atoms with Crippen molar-refractivity contribution in [2.45, 2.75) is 19.8 Å². The lowest BCUT2D eigenvalue weighted by Crippen LogP contribution is -2.13. The zero-order chi connectivity index (χ0) is 20.8. The lowest BCUT2D eigenvalue weighted by molar-refractivity contribution is -0.116. The largest absolute Gasteiger partial charge is 0.495 e. The monoisotopic (exact) mass is 397 g/mol. The number of hydrogen-bond donors (Lipinski definition) is 2. The Kier molecular flexibility index (Phi) is 6.23. The topological polar surface area (TPSA) is 93.5 Å². The van der Waals surface area contributed by atoms with Gasteiger partial charge in [-0.15, -0.1) is 0 Å². The Bertz CT molecular complexity index is 1020. The minimum absolute atomic E-state index is 0.158. The van der Waals surface area contributed by atoms with Crippen LogP contribution in [0.3, 0.4) is 0 Å². The van der Waals surface area contributed by atoms with Crippen molar-refractivity contribution in [3.05, 3.63) is 60.4 Å². The van der Waals surface area contributed by atoms with Gasteiger partial charge >= 0.3 is 0 Å². The number of nitrogens with one attached hydrogen (secondary N) is 2. The normalized spacial score (nSPS) is 10.4. The zero-order valence-corrected chi connectivity index (χ0v) is 16.0. The molecule has 2 N–H and O–H groups in total. The summed E-state index contributed by atoms with van der Waals surface area (Å²) >= 11 is 0. The molecule has 1 aromatic heterocycles. The molecule has 29 heavy (non-hydrogen) atoms. The standard InChI is InChI=1S/C21H20FN3O4/c1-13(26)24-17-11-16(7-8-18(17)28-2)25-20(27)9-10-21-23-12-19(29-21)14-3-5-15(22)6-4-14/h3-8,11-12H,9-10H2,1-2H3,(H,24,26)(H,25,27). The van der Waals surface area contributed by atoms with Crippen LogP contribution in [-0.4, -0.2) is 23.9 Å². The Morgan fingerprint density at radius 3 is 2.59 bits per heavy atom. The van der Waals surface area contributed by atoms with Gasteiger partial charge in [0.2, 0.25) is 11.8 Å². The first-order valence-corrected chi connectivity index (χ1v) is 8.90. The molecule has 0 unspecified atom stereocenters. The van der Waals surface area contributed by atoms with Crippen LogP contribution in [0.15, 0.2) is 53.1 Å². The highest BCUT2D eigenvalue weighted by atomic mass is 19.1. The SMILES string of the molecule is COc1ccc(NC(=O)CCc2ncc(-c3ccc(F)cc3)o2)cc1NC(C)=O. The molecule has 0 saturated carbocycles. The second kappa shape index (κ2) is 9.01. The zero-order valence-electron chi connectivity index (χ0n) is 16.0. The molecule has 0 fully saturated rings. The predicted octanol–water partition coefficient (Wildman–Crippen LogP) is 4.02. The van der Waals surface area contributed by atoms with E-state index in [0.717, 1.165) is 0 Å². The summed E-state index contributed by atoms with van der Waals surface area (Å²) in [6.45, 7) is 1.39. The number of ether oxygens (including phenoxy) is 1. The number of rotatable bonds is 7. The van der Waals surface area contributed by atoms with Crippen LogP contribution in [0.5, 0.6) is 5.75 Å². The fourth-order valence-corrected chi connectivity index (χ4v) is 2.69. The number of hydrogen-bond acceptors (Lipinski definition) is 5. The summed E-state index contributed by atoms with van der Waals surface area (Å²) in [4.78, 5) is 27.7. The van der Waals surface area contributed by atoms with Crippen LogP contribution >= 0.6 is 0 Å². The molecule has 2 amide bonds. The van der Waals surface area contributed by atoms with Crippen molar-refractivity contribution < 1.29 is 23.1 Å². The van der Waals surface area contributed by atoms with Crippen molar-refractivity contribution in [1.29, 1.82) is 0 Å². The molecule has 0 atom stereocenters. The number of carbonyl (C=O) groups is 2. The molecule has 8 heteroatoms. The van der Waals surface area contributed by atoms with Gasteiger partial charge in [-0.05, 0) is 42.5 Å². The second-order valence-electron chi connectivity index (χ2n) is 6.27. The first-order chi connectivity index (χ1) is 13.9. The number of aryl methyl sites for hydroxylation is 1. The van der Waals surface area contributed by atoms with Crippen LogP contribution in [0.4, 0.5) is 15.8 Å². The number of oxazole rings is 1. The summed E-state index contributed by atoms with van der Waals surface area (Å²) < 4.78 is 23.8. The molecule has 0 aliphatic heterocycles. The summed E-state index contributed by atoms with van der Waals surface area (Å²) in [5, 5.41) is 5.42. The van der Waals surface area contributed by atoms with E-state index in [1.807, 2.05) is 0 Å². The molecule has 3 rings (SSSR count). The average molecular weight is 397 g/mol. The van der Waals surface area contributed by atoms with Crippen LogP contribution in [0.2, 0.25) is 0 Å². The molecule has 0 aliphatic carbocycles. The van der Waals surface area contributed by atoms with Crippen molar-refractivity contribution in [3.8, 4) is 17.1 Å². The predicted molar refractivity (Wildman–Crippen MR) is 106 cm³/mol. The van der Waals surface area contributed by atoms with Gasteiger partial charge in [-0.2, -0.15) is 0 Å². The van der Waals surface area contributed by atoms with Gasteiger partial charge in [0.15, 0.2) is 11.7 Å². The average Bonchev–Trinajstić information content (AvgIpc) is 3.16. The van der Waals surface area contributed by atoms with Crippen molar-refractivity contribution in [3.63, 3.8) is 0 Å². The number of nitrogens with zero attached hydrogens (tertiary/aromatic N) is 1. The minimum atomic E-state index is -0.328. The van der Waals surface area contributed by atoms with E-state index in [4.69, 9.17) is 9.15 Å². The van der Waals surface area contributed by atoms with E-state index >= 15 is 0 Å². The molecule has 2 aromatic carbocycles. The van der Waals surface area contributed by atoms with Crippen molar-refractivity contribution in [2.75, 3.05) is 17.7 Å². The maximum absolute atomic E-state index is 13.0. The first kappa shape index (κ1) is 20.1. The molecule has 0 saturated heterocycles. The lowest BCUT2D eigenvalue weighted by atomic mass is 10.2. The Balaban J connectivity index is 1.59. The van der Waals surface area contributed by atoms with E-state index in [1.54, 1.807) is 36.5 Å². The molecule has 0 aliphatic rings. The second-order valence-corrected chi connectivity index (χ2v) is 6.27. The fraction of sp³-hybridized carbons (Fsp3) is 0.190. The highest BCUT2D eigenvalue weighted by molar-refractivity contribution is 5.94. The Hall–Kier alpha value is -3.68. The van der Waals surface area contributed by atoms with Gasteiger partial charge < -0.3 is 19.8 Å². The molecule has 0 spiro atoms. The first-order valence-electron chi connectivity index (χ1n) is 8.90. The Morgan fingerprint density at radius 2 is 1.90 bits per heavy atom. The lowest BCUT2D eigenvalue weighted by Gasteiger charge is -2.11. The summed E-state index contributed by atoms with van der Waals surface area (Å²) in [6, 6.07) is 10.8. The maximum atomic E-state index is 13.0. The molecular weight excluding hydrogens is 377 g/mol. The Labute approximate surface area is 166 Å². The van der Waals surface area contributed by atoms with Crippen LogP contribution < -0.4 is 15.4 Å². The number of methoxy groups -OCH3 is 1. The summed E-state index contributed by atoms with van der Waals surface area (Å²) in [5.41, 5.74) is 1.70. The maximum Gasteiger partial charge on any atom is 0.224 e. The molecule has 3 aromatic rings. The molecule has 0 radical (unpaired) electrons. The third-order valence-corrected chi connectivity index (χ3v) is 4.04. The minimum Gasteiger partial charge on any atom is -0.495 e. The van der Waals surface area contributed by atoms with Gasteiger partial charge in [0.05, 0.1) is 19.0 Å². The number of aromatic nitrogens is 1. The van der Waals surface area contributed by atoms with Gasteiger partial charge in [-0.1, -0.05) is 0 Å². The molecule has 150 valence electrons. The highest BCUT2D eigenvalue weighted by Gasteiger charge is 2.11. The van der Waals surface area contributed by atoms with Crippen LogP contribution in [-0.2, 0) is 16.0 Å². The van der Waals surface area contributed by atoms with Crippen LogP contribution in [0, 0.1) is 5.82 Å². The van der Waals surface area contributed by atoms with Gasteiger partial charge in [-0.3, -0.25) is 9.59 Å². The van der Waals surface area contributed by atoms with Gasteiger partial charge in [0, 0.05) is 31.0 Å². The van der Waals surface area contributed by atoms with Gasteiger partial charge in [0.25, 0.3) is 0 Å². The van der Waals surface area contributed by atoms with Crippen molar-refractivity contribution in [1.82, 2.24) is 4.98 Å². The van der Waals surface area contributed by atoms with E-state index in [2.05, 4.69) is 15.6 Å². The summed E-state index contributed by atoms with van der Waals surface area (Å²) in [6.07, 6.45) is 2.01. The van der Waals surface area contributed by atoms with Crippen LogP contribution in [0.25, 0.3) is 11.3 Å². The Morgan fingerprint density at radius 1 is 1.14 bits per heavy atom. The smallest absolute Gasteiger partial charge is 0.224 e. The van der Waals surface area contributed by atoms with E-state index in [-0.39, 0.29) is 24.1 Å². The fourth-order valence-electron chi connectivity index (χ4n) is 2.69. The number of anilines is 2. The number of carbonyl (C=O) groups excluding carboxylic acids is 2. The molecule has 7 nitrogen and oxygen atoms in total. The van der Waals surface area contributed by atoms with Gasteiger partial charge in [-0.25, -0.2) is 9.37 Å². The molecule has 0 bridgehead atoms. The quantitative estimate of drug-likeness (QED) is 0.628. The van der Waals surface area contributed by atoms with Crippen molar-refractivity contribution in [2.24, 2.45) is 0 Å². The highest BCUT2D eigenvalue weighted by Crippen LogP contribution is 2.28. The van der Waals surface area contributed by atoms with E-state index in [0.29, 0.717) is 40.8 Å². The van der Waals surface area contributed by atoms with E-state index in [1.165, 1.54) is 26.2 Å². The number of amides is 2. The molecule has 1 heterocycles.